The van der Waals surface area contributed by atoms with Gasteiger partial charge < -0.3 is 19.8 Å². The lowest BCUT2D eigenvalue weighted by Crippen LogP contribution is -2.34. The van der Waals surface area contributed by atoms with Crippen LogP contribution in [0.4, 0.5) is 4.79 Å². The highest BCUT2D eigenvalue weighted by Gasteiger charge is 2.15. The van der Waals surface area contributed by atoms with E-state index in [0.29, 0.717) is 25.0 Å². The minimum atomic E-state index is 0.0278. The Labute approximate surface area is 134 Å². The van der Waals surface area contributed by atoms with E-state index in [0.717, 1.165) is 18.8 Å². The van der Waals surface area contributed by atoms with Crippen molar-refractivity contribution in [3.05, 3.63) is 0 Å². The Morgan fingerprint density at radius 1 is 1.05 bits per heavy atom. The van der Waals surface area contributed by atoms with Crippen LogP contribution in [0.2, 0.25) is 0 Å². The number of hydrogen-bond acceptors (Lipinski definition) is 5. The molecule has 1 amide bonds. The molecule has 0 saturated heterocycles. The minimum absolute atomic E-state index is 0.0278. The number of aliphatic hydroxyl groups excluding tert-OH is 2. The van der Waals surface area contributed by atoms with Gasteiger partial charge >= 0.3 is 0 Å². The Morgan fingerprint density at radius 3 is 1.76 bits per heavy atom. The molecular formula is C15H33NO4S. The number of aliphatic hydroxyl groups is 2. The van der Waals surface area contributed by atoms with Gasteiger partial charge in [0.1, 0.15) is 0 Å². The Kier molecular flexibility index (Phi) is 17.6. The monoisotopic (exact) mass is 323 g/mol. The molecule has 0 atom stereocenters. The number of carbonyl (C=O) groups is 1. The van der Waals surface area contributed by atoms with Crippen LogP contribution in [0.15, 0.2) is 0 Å². The number of hydrogen-bond donors (Lipinski definition) is 2. The van der Waals surface area contributed by atoms with Crippen LogP contribution in [0.3, 0.4) is 0 Å². The molecule has 0 saturated carbocycles. The first-order chi connectivity index (χ1) is 9.88. The Bertz CT molecular complexity index is 224. The van der Waals surface area contributed by atoms with Gasteiger partial charge in [0.2, 0.25) is 0 Å². The molecule has 0 spiro atoms. The summed E-state index contributed by atoms with van der Waals surface area (Å²) in [4.78, 5) is 13.7. The Hall–Kier alpha value is -0.300. The highest BCUT2D eigenvalue weighted by molar-refractivity contribution is 8.13. The number of ether oxygens (including phenoxy) is 1. The van der Waals surface area contributed by atoms with E-state index in [1.165, 1.54) is 11.8 Å². The topological polar surface area (TPSA) is 70.0 Å². The summed E-state index contributed by atoms with van der Waals surface area (Å²) in [5.74, 6) is 1.97. The summed E-state index contributed by atoms with van der Waals surface area (Å²) >= 11 is 1.41. The predicted octanol–water partition coefficient (Wildman–Crippen LogP) is 2.46. The molecule has 0 heterocycles. The van der Waals surface area contributed by atoms with Crippen molar-refractivity contribution in [2.24, 2.45) is 11.8 Å². The highest BCUT2D eigenvalue weighted by atomic mass is 32.2. The predicted molar refractivity (Wildman–Crippen MR) is 89.8 cm³/mol. The average Bonchev–Trinajstić information content (AvgIpc) is 2.38. The second-order valence-electron chi connectivity index (χ2n) is 5.45. The van der Waals surface area contributed by atoms with E-state index in [9.17, 15) is 4.79 Å². The van der Waals surface area contributed by atoms with Crippen molar-refractivity contribution in [2.45, 2.75) is 34.6 Å². The van der Waals surface area contributed by atoms with Gasteiger partial charge in [-0.1, -0.05) is 46.4 Å². The van der Waals surface area contributed by atoms with Crippen molar-refractivity contribution in [3.8, 4) is 0 Å². The van der Waals surface area contributed by atoms with E-state index in [1.54, 1.807) is 0 Å². The van der Waals surface area contributed by atoms with E-state index < -0.39 is 0 Å². The molecule has 0 aromatic heterocycles. The first-order valence-electron chi connectivity index (χ1n) is 7.60. The number of carbonyl (C=O) groups excluding carboxylic acids is 1. The fraction of sp³-hybridized carbons (Fsp3) is 0.933. The third-order valence-corrected chi connectivity index (χ3v) is 2.96. The number of thioether (sulfide) groups is 1. The molecule has 0 radical (unpaired) electrons. The Morgan fingerprint density at radius 2 is 1.48 bits per heavy atom. The van der Waals surface area contributed by atoms with Crippen LogP contribution < -0.4 is 0 Å². The summed E-state index contributed by atoms with van der Waals surface area (Å²) in [5.41, 5.74) is 0. The quantitative estimate of drug-likeness (QED) is 0.638. The average molecular weight is 323 g/mol. The van der Waals surface area contributed by atoms with E-state index >= 15 is 0 Å². The largest absolute Gasteiger partial charge is 0.394 e. The number of rotatable bonds is 9. The summed E-state index contributed by atoms with van der Waals surface area (Å²) in [6.07, 6.45) is 0. The van der Waals surface area contributed by atoms with E-state index in [2.05, 4.69) is 32.4 Å². The molecule has 0 aliphatic rings. The van der Waals surface area contributed by atoms with Crippen molar-refractivity contribution in [1.82, 2.24) is 4.90 Å². The normalized spacial score (nSPS) is 10.5. The summed E-state index contributed by atoms with van der Waals surface area (Å²) in [7, 11) is 0. The lowest BCUT2D eigenvalue weighted by molar-refractivity contribution is 0.0650. The molecule has 0 rings (SSSR count). The van der Waals surface area contributed by atoms with Gasteiger partial charge in [-0.05, 0) is 17.6 Å². The Balaban J connectivity index is 0. The van der Waals surface area contributed by atoms with Gasteiger partial charge in [0, 0.05) is 13.1 Å². The summed E-state index contributed by atoms with van der Waals surface area (Å²) in [5, 5.41) is 16.4. The van der Waals surface area contributed by atoms with Crippen LogP contribution in [0, 0.1) is 11.8 Å². The summed E-state index contributed by atoms with van der Waals surface area (Å²) in [6.45, 7) is 13.1. The zero-order valence-electron chi connectivity index (χ0n) is 14.2. The second-order valence-corrected chi connectivity index (χ2v) is 6.67. The van der Waals surface area contributed by atoms with Crippen LogP contribution in [0.1, 0.15) is 34.6 Å². The summed E-state index contributed by atoms with van der Waals surface area (Å²) in [6, 6.07) is 0. The van der Waals surface area contributed by atoms with E-state index in [4.69, 9.17) is 10.2 Å². The fourth-order valence-corrected chi connectivity index (χ4v) is 2.13. The number of amides is 1. The molecule has 0 aliphatic heterocycles. The zero-order valence-corrected chi connectivity index (χ0v) is 15.0. The van der Waals surface area contributed by atoms with Gasteiger partial charge in [0.15, 0.2) is 0 Å². The van der Waals surface area contributed by atoms with Crippen LogP contribution in [-0.4, -0.2) is 65.6 Å². The van der Waals surface area contributed by atoms with Crippen molar-refractivity contribution in [3.63, 3.8) is 0 Å². The molecule has 0 bridgehead atoms. The van der Waals surface area contributed by atoms with Crippen molar-refractivity contribution in [1.29, 1.82) is 0 Å². The first-order valence-corrected chi connectivity index (χ1v) is 8.58. The van der Waals surface area contributed by atoms with Crippen LogP contribution in [0.5, 0.6) is 0 Å². The lowest BCUT2D eigenvalue weighted by atomic mass is 10.1. The SMILES string of the molecule is CCSC(=O)N(CC(C)C)CC(C)C.OCCOCCO. The molecule has 0 unspecified atom stereocenters. The van der Waals surface area contributed by atoms with Gasteiger partial charge in [0.25, 0.3) is 5.24 Å². The molecule has 0 fully saturated rings. The standard InChI is InChI=1S/C11H23NOS.C4H10O3/c1-6-14-11(13)12(7-9(2)3)8-10(4)5;5-1-3-7-4-2-6/h9-10H,6-8H2,1-5H3;5-6H,1-4H2. The van der Waals surface area contributed by atoms with E-state index in [-0.39, 0.29) is 18.5 Å². The smallest absolute Gasteiger partial charge is 0.281 e. The zero-order chi connectivity index (χ0) is 16.7. The molecular weight excluding hydrogens is 290 g/mol. The van der Waals surface area contributed by atoms with Gasteiger partial charge in [-0.15, -0.1) is 0 Å². The third kappa shape index (κ3) is 17.6. The minimum Gasteiger partial charge on any atom is -0.394 e. The molecule has 128 valence electrons. The van der Waals surface area contributed by atoms with Crippen LogP contribution in [0.25, 0.3) is 0 Å². The number of nitrogens with zero attached hydrogens (tertiary/aromatic N) is 1. The molecule has 6 heteroatoms. The van der Waals surface area contributed by atoms with Crippen LogP contribution >= 0.6 is 11.8 Å². The molecule has 0 aromatic carbocycles. The molecule has 21 heavy (non-hydrogen) atoms. The fourth-order valence-electron chi connectivity index (χ4n) is 1.55. The maximum Gasteiger partial charge on any atom is 0.281 e. The maximum atomic E-state index is 11.7. The van der Waals surface area contributed by atoms with Crippen molar-refractivity contribution >= 4 is 17.0 Å². The van der Waals surface area contributed by atoms with Gasteiger partial charge in [-0.3, -0.25) is 4.79 Å². The van der Waals surface area contributed by atoms with Gasteiger partial charge in [-0.2, -0.15) is 0 Å². The van der Waals surface area contributed by atoms with Gasteiger partial charge in [-0.25, -0.2) is 0 Å². The van der Waals surface area contributed by atoms with Crippen LogP contribution in [-0.2, 0) is 4.74 Å². The highest BCUT2D eigenvalue weighted by Crippen LogP contribution is 2.12. The van der Waals surface area contributed by atoms with Crippen molar-refractivity contribution < 1.29 is 19.7 Å². The molecule has 5 nitrogen and oxygen atoms in total. The maximum absolute atomic E-state index is 11.7. The molecule has 0 aromatic rings. The van der Waals surface area contributed by atoms with E-state index in [1.807, 2.05) is 11.8 Å². The lowest BCUT2D eigenvalue weighted by Gasteiger charge is -2.25. The third-order valence-electron chi connectivity index (χ3n) is 2.17. The second kappa shape index (κ2) is 16.1. The first kappa shape index (κ1) is 23.0. The molecule has 0 aliphatic carbocycles. The summed E-state index contributed by atoms with van der Waals surface area (Å²) < 4.78 is 4.63. The van der Waals surface area contributed by atoms with Crippen molar-refractivity contribution in [2.75, 3.05) is 45.3 Å². The van der Waals surface area contributed by atoms with Gasteiger partial charge in [0.05, 0.1) is 26.4 Å². The molecule has 2 N–H and O–H groups in total.